The largest absolute Gasteiger partial charge is 0.338 e. The van der Waals surface area contributed by atoms with E-state index >= 15 is 0 Å². The number of ketones is 1. The SMILES string of the molecule is Cc1ccc(=O)n(CC(=O)Nc2ccc(C(=O)N3CCC(=O)CC3)cc2)c1. The van der Waals surface area contributed by atoms with Crippen molar-refractivity contribution < 1.29 is 14.4 Å². The van der Waals surface area contributed by atoms with Crippen LogP contribution in [0.2, 0.25) is 0 Å². The number of Topliss-reactive ketones (excluding diaryl/α,β-unsaturated/α-hetero) is 1. The van der Waals surface area contributed by atoms with Crippen LogP contribution in [0.15, 0.2) is 47.4 Å². The van der Waals surface area contributed by atoms with E-state index in [4.69, 9.17) is 0 Å². The van der Waals surface area contributed by atoms with E-state index < -0.39 is 0 Å². The number of nitrogens with one attached hydrogen (secondary N) is 1. The van der Waals surface area contributed by atoms with Crippen LogP contribution in [0.1, 0.15) is 28.8 Å². The van der Waals surface area contributed by atoms with Gasteiger partial charge in [0.15, 0.2) is 0 Å². The highest BCUT2D eigenvalue weighted by Gasteiger charge is 2.21. The number of amides is 2. The highest BCUT2D eigenvalue weighted by Crippen LogP contribution is 2.14. The van der Waals surface area contributed by atoms with Gasteiger partial charge in [-0.2, -0.15) is 0 Å². The Hall–Kier alpha value is -3.22. The molecule has 3 rings (SSSR count). The van der Waals surface area contributed by atoms with Crippen LogP contribution in [0.5, 0.6) is 0 Å². The van der Waals surface area contributed by atoms with Crippen molar-refractivity contribution >= 4 is 23.3 Å². The van der Waals surface area contributed by atoms with Gasteiger partial charge in [-0.1, -0.05) is 6.07 Å². The lowest BCUT2D eigenvalue weighted by Crippen LogP contribution is -2.38. The van der Waals surface area contributed by atoms with Crippen LogP contribution >= 0.6 is 0 Å². The number of anilines is 1. The van der Waals surface area contributed by atoms with Crippen LogP contribution in [0.3, 0.4) is 0 Å². The van der Waals surface area contributed by atoms with Gasteiger partial charge in [-0.05, 0) is 36.8 Å². The van der Waals surface area contributed by atoms with E-state index in [-0.39, 0.29) is 29.7 Å². The first-order valence-corrected chi connectivity index (χ1v) is 8.80. The minimum atomic E-state index is -0.323. The molecule has 0 radical (unpaired) electrons. The molecule has 0 saturated carbocycles. The zero-order valence-electron chi connectivity index (χ0n) is 15.1. The van der Waals surface area contributed by atoms with Crippen LogP contribution in [-0.4, -0.2) is 40.2 Å². The van der Waals surface area contributed by atoms with E-state index in [0.29, 0.717) is 37.2 Å². The number of pyridine rings is 1. The van der Waals surface area contributed by atoms with Crippen LogP contribution in [0, 0.1) is 6.92 Å². The molecule has 1 N–H and O–H groups in total. The first-order valence-electron chi connectivity index (χ1n) is 8.80. The minimum absolute atomic E-state index is 0.0804. The Morgan fingerprint density at radius 2 is 1.67 bits per heavy atom. The number of aromatic nitrogens is 1. The summed E-state index contributed by atoms with van der Waals surface area (Å²) in [6, 6.07) is 9.72. The van der Waals surface area contributed by atoms with Gasteiger partial charge < -0.3 is 14.8 Å². The molecule has 1 aromatic heterocycles. The standard InChI is InChI=1S/C20H21N3O4/c1-14-2-7-19(26)23(12-14)13-18(25)21-16-5-3-15(4-6-16)20(27)22-10-8-17(24)9-11-22/h2-7,12H,8-11,13H2,1H3,(H,21,25). The van der Waals surface area contributed by atoms with Crippen LogP contribution in [0.4, 0.5) is 5.69 Å². The minimum Gasteiger partial charge on any atom is -0.338 e. The summed E-state index contributed by atoms with van der Waals surface area (Å²) >= 11 is 0. The molecule has 2 heterocycles. The number of carbonyl (C=O) groups excluding carboxylic acids is 3. The van der Waals surface area contributed by atoms with E-state index in [9.17, 15) is 19.2 Å². The summed E-state index contributed by atoms with van der Waals surface area (Å²) in [5.41, 5.74) is 1.71. The van der Waals surface area contributed by atoms with Gasteiger partial charge in [0, 0.05) is 49.4 Å². The molecule has 7 heteroatoms. The first-order chi connectivity index (χ1) is 12.9. The number of nitrogens with zero attached hydrogens (tertiary/aromatic N) is 2. The van der Waals surface area contributed by atoms with Gasteiger partial charge in [-0.25, -0.2) is 0 Å². The molecule has 27 heavy (non-hydrogen) atoms. The van der Waals surface area contributed by atoms with Gasteiger partial charge >= 0.3 is 0 Å². The summed E-state index contributed by atoms with van der Waals surface area (Å²) in [5.74, 6) is -0.257. The van der Waals surface area contributed by atoms with Crippen LogP contribution in [-0.2, 0) is 16.1 Å². The average Bonchev–Trinajstić information content (AvgIpc) is 2.65. The molecule has 140 valence electrons. The molecule has 0 atom stereocenters. The molecule has 0 unspecified atom stereocenters. The molecular formula is C20H21N3O4. The van der Waals surface area contributed by atoms with E-state index in [1.807, 2.05) is 6.92 Å². The maximum absolute atomic E-state index is 12.4. The van der Waals surface area contributed by atoms with Crippen molar-refractivity contribution in [1.82, 2.24) is 9.47 Å². The molecular weight excluding hydrogens is 346 g/mol. The maximum Gasteiger partial charge on any atom is 0.253 e. The van der Waals surface area contributed by atoms with Crippen molar-refractivity contribution in [2.75, 3.05) is 18.4 Å². The summed E-state index contributed by atoms with van der Waals surface area (Å²) in [6.07, 6.45) is 2.43. The number of piperidine rings is 1. The number of carbonyl (C=O) groups is 3. The van der Waals surface area contributed by atoms with Gasteiger partial charge in [0.2, 0.25) is 5.91 Å². The van der Waals surface area contributed by atoms with E-state index in [0.717, 1.165) is 5.56 Å². The van der Waals surface area contributed by atoms with Gasteiger partial charge in [0.25, 0.3) is 11.5 Å². The lowest BCUT2D eigenvalue weighted by Gasteiger charge is -2.26. The van der Waals surface area contributed by atoms with Gasteiger partial charge in [-0.15, -0.1) is 0 Å². The average molecular weight is 367 g/mol. The number of likely N-dealkylation sites (tertiary alicyclic amines) is 1. The summed E-state index contributed by atoms with van der Waals surface area (Å²) in [7, 11) is 0. The molecule has 1 aliphatic rings. The van der Waals surface area contributed by atoms with Gasteiger partial charge in [-0.3, -0.25) is 19.2 Å². The van der Waals surface area contributed by atoms with Crippen molar-refractivity contribution in [3.63, 3.8) is 0 Å². The zero-order chi connectivity index (χ0) is 19.4. The van der Waals surface area contributed by atoms with Crippen LogP contribution in [0.25, 0.3) is 0 Å². The molecule has 7 nitrogen and oxygen atoms in total. The first kappa shape index (κ1) is 18.6. The van der Waals surface area contributed by atoms with Gasteiger partial charge in [0.05, 0.1) is 0 Å². The molecule has 1 saturated heterocycles. The van der Waals surface area contributed by atoms with Gasteiger partial charge in [0.1, 0.15) is 12.3 Å². The molecule has 1 fully saturated rings. The van der Waals surface area contributed by atoms with E-state index in [1.165, 1.54) is 10.6 Å². The monoisotopic (exact) mass is 367 g/mol. The fraction of sp³-hybridized carbons (Fsp3) is 0.300. The Bertz CT molecular complexity index is 921. The lowest BCUT2D eigenvalue weighted by molar-refractivity contribution is -0.121. The third kappa shape index (κ3) is 4.69. The smallest absolute Gasteiger partial charge is 0.253 e. The second-order valence-electron chi connectivity index (χ2n) is 6.63. The predicted octanol–water partition coefficient (Wildman–Crippen LogP) is 1.60. The Morgan fingerprint density at radius 3 is 2.33 bits per heavy atom. The third-order valence-electron chi connectivity index (χ3n) is 4.47. The van der Waals surface area contributed by atoms with Crippen molar-refractivity contribution in [2.45, 2.75) is 26.3 Å². The molecule has 2 aromatic rings. The number of benzene rings is 1. The summed E-state index contributed by atoms with van der Waals surface area (Å²) in [6.45, 7) is 2.66. The molecule has 0 spiro atoms. The normalized spacial score (nSPS) is 14.1. The Labute approximate surface area is 156 Å². The molecule has 2 amide bonds. The third-order valence-corrected chi connectivity index (χ3v) is 4.47. The number of aryl methyl sites for hydroxylation is 1. The fourth-order valence-electron chi connectivity index (χ4n) is 2.97. The quantitative estimate of drug-likeness (QED) is 0.889. The summed E-state index contributed by atoms with van der Waals surface area (Å²) in [5, 5.41) is 2.72. The maximum atomic E-state index is 12.4. The summed E-state index contributed by atoms with van der Waals surface area (Å²) < 4.78 is 1.35. The Morgan fingerprint density at radius 1 is 1.00 bits per heavy atom. The number of hydrogen-bond acceptors (Lipinski definition) is 4. The number of rotatable bonds is 4. The lowest BCUT2D eigenvalue weighted by atomic mass is 10.1. The number of hydrogen-bond donors (Lipinski definition) is 1. The highest BCUT2D eigenvalue weighted by molar-refractivity contribution is 5.96. The second kappa shape index (κ2) is 7.99. The van der Waals surface area contributed by atoms with Crippen molar-refractivity contribution in [3.8, 4) is 0 Å². The Balaban J connectivity index is 1.61. The van der Waals surface area contributed by atoms with Crippen molar-refractivity contribution in [1.29, 1.82) is 0 Å². The van der Waals surface area contributed by atoms with Crippen molar-refractivity contribution in [2.24, 2.45) is 0 Å². The zero-order valence-corrected chi connectivity index (χ0v) is 15.1. The Kier molecular flexibility index (Phi) is 5.49. The van der Waals surface area contributed by atoms with E-state index in [1.54, 1.807) is 41.4 Å². The topological polar surface area (TPSA) is 88.5 Å². The van der Waals surface area contributed by atoms with Crippen LogP contribution < -0.4 is 10.9 Å². The molecule has 0 bridgehead atoms. The second-order valence-corrected chi connectivity index (χ2v) is 6.63. The predicted molar refractivity (Wildman–Crippen MR) is 101 cm³/mol. The summed E-state index contributed by atoms with van der Waals surface area (Å²) in [4.78, 5) is 49.3. The van der Waals surface area contributed by atoms with E-state index in [2.05, 4.69) is 5.32 Å². The molecule has 1 aliphatic heterocycles. The highest BCUT2D eigenvalue weighted by atomic mass is 16.2. The molecule has 1 aromatic carbocycles. The fourth-order valence-corrected chi connectivity index (χ4v) is 2.97. The van der Waals surface area contributed by atoms with Crippen molar-refractivity contribution in [3.05, 3.63) is 64.1 Å². The molecule has 0 aliphatic carbocycles.